The first-order valence-electron chi connectivity index (χ1n) is 9.24. The van der Waals surface area contributed by atoms with Crippen molar-refractivity contribution in [3.63, 3.8) is 0 Å². The molecule has 3 aromatic rings. The summed E-state index contributed by atoms with van der Waals surface area (Å²) in [6, 6.07) is 7.53. The molecule has 0 aliphatic carbocycles. The quantitative estimate of drug-likeness (QED) is 0.488. The van der Waals surface area contributed by atoms with Crippen molar-refractivity contribution in [2.75, 3.05) is 7.11 Å². The molecule has 0 fully saturated rings. The number of ether oxygens (including phenoxy) is 2. The lowest BCUT2D eigenvalue weighted by Gasteiger charge is -2.20. The first-order chi connectivity index (χ1) is 14.1. The zero-order valence-electron chi connectivity index (χ0n) is 17.1. The molecule has 0 aliphatic rings. The molecule has 1 aromatic carbocycles. The van der Waals surface area contributed by atoms with Crippen LogP contribution in [0.25, 0.3) is 10.3 Å². The van der Waals surface area contributed by atoms with Crippen LogP contribution in [0.3, 0.4) is 0 Å². The number of rotatable bonds is 6. The maximum atomic E-state index is 13.1. The minimum absolute atomic E-state index is 0.134. The fourth-order valence-corrected chi connectivity index (χ4v) is 4.48. The first-order valence-corrected chi connectivity index (χ1v) is 10.8. The highest BCUT2D eigenvalue weighted by Crippen LogP contribution is 2.24. The molecule has 160 valence electrons. The third-order valence-electron chi connectivity index (χ3n) is 4.24. The summed E-state index contributed by atoms with van der Waals surface area (Å²) >= 11 is 4.48. The number of fused-ring (bicyclic) bond motifs is 1. The molecule has 0 saturated carbocycles. The number of nitrogens with zero attached hydrogens (tertiary/aromatic N) is 3. The molecule has 0 amide bonds. The molecule has 10 heteroatoms. The SMILES string of the molecule is COc1ccccc1CCn1c(=O)n(CC(=O)OC(C)(C)C)c(=O)c2nc(Br)sc21. The Morgan fingerprint density at radius 1 is 1.20 bits per heavy atom. The highest BCUT2D eigenvalue weighted by molar-refractivity contribution is 9.11. The fraction of sp³-hybridized carbons (Fsp3) is 0.400. The summed E-state index contributed by atoms with van der Waals surface area (Å²) in [6.07, 6.45) is 0.499. The molecule has 0 saturated heterocycles. The van der Waals surface area contributed by atoms with Gasteiger partial charge in [0.25, 0.3) is 5.56 Å². The lowest BCUT2D eigenvalue weighted by molar-refractivity contribution is -0.155. The first kappa shape index (κ1) is 22.2. The third-order valence-corrected chi connectivity index (χ3v) is 5.77. The van der Waals surface area contributed by atoms with Gasteiger partial charge in [-0.05, 0) is 54.8 Å². The van der Waals surface area contributed by atoms with E-state index in [0.717, 1.165) is 10.1 Å². The summed E-state index contributed by atoms with van der Waals surface area (Å²) in [7, 11) is 1.59. The van der Waals surface area contributed by atoms with E-state index in [1.165, 1.54) is 15.9 Å². The minimum atomic E-state index is -0.725. The Balaban J connectivity index is 2.04. The topological polar surface area (TPSA) is 92.4 Å². The molecule has 0 spiro atoms. The van der Waals surface area contributed by atoms with E-state index in [1.807, 2.05) is 24.3 Å². The largest absolute Gasteiger partial charge is 0.496 e. The summed E-state index contributed by atoms with van der Waals surface area (Å²) in [5, 5.41) is 0. The Morgan fingerprint density at radius 3 is 2.57 bits per heavy atom. The number of aromatic nitrogens is 3. The Morgan fingerprint density at radius 2 is 1.90 bits per heavy atom. The number of carbonyl (C=O) groups excluding carboxylic acids is 1. The van der Waals surface area contributed by atoms with Gasteiger partial charge in [-0.3, -0.25) is 14.2 Å². The summed E-state index contributed by atoms with van der Waals surface area (Å²) in [5.41, 5.74) is -0.860. The lowest BCUT2D eigenvalue weighted by atomic mass is 10.1. The number of hydrogen-bond acceptors (Lipinski definition) is 7. The van der Waals surface area contributed by atoms with Crippen molar-refractivity contribution in [3.05, 3.63) is 54.6 Å². The molecule has 0 aliphatic heterocycles. The highest BCUT2D eigenvalue weighted by Gasteiger charge is 2.22. The van der Waals surface area contributed by atoms with Gasteiger partial charge < -0.3 is 9.47 Å². The number of methoxy groups -OCH3 is 1. The molecule has 0 N–H and O–H groups in total. The molecule has 30 heavy (non-hydrogen) atoms. The number of para-hydroxylation sites is 1. The van der Waals surface area contributed by atoms with E-state index in [4.69, 9.17) is 9.47 Å². The van der Waals surface area contributed by atoms with Crippen LogP contribution in [0.15, 0.2) is 37.8 Å². The van der Waals surface area contributed by atoms with Crippen molar-refractivity contribution in [3.8, 4) is 5.75 Å². The normalized spacial score (nSPS) is 11.6. The van der Waals surface area contributed by atoms with Crippen molar-refractivity contribution >= 4 is 43.6 Å². The molecule has 8 nitrogen and oxygen atoms in total. The maximum absolute atomic E-state index is 13.1. The van der Waals surface area contributed by atoms with Crippen molar-refractivity contribution in [1.82, 2.24) is 14.1 Å². The Hall–Kier alpha value is -2.46. The van der Waals surface area contributed by atoms with Crippen LogP contribution in [0.1, 0.15) is 26.3 Å². The van der Waals surface area contributed by atoms with Gasteiger partial charge >= 0.3 is 11.7 Å². The standard InChI is InChI=1S/C20H22BrN3O5S/c1-20(2,3)29-14(25)11-24-16(26)15-17(30-18(21)22-15)23(19(24)27)10-9-12-7-5-6-8-13(12)28-4/h5-8H,9-11H2,1-4H3. The molecular formula is C20H22BrN3O5S. The summed E-state index contributed by atoms with van der Waals surface area (Å²) < 4.78 is 13.5. The summed E-state index contributed by atoms with van der Waals surface area (Å²) in [4.78, 5) is 42.9. The van der Waals surface area contributed by atoms with Crippen LogP contribution in [0, 0.1) is 0 Å². The van der Waals surface area contributed by atoms with Crippen LogP contribution in [0.5, 0.6) is 5.75 Å². The molecule has 0 radical (unpaired) electrons. The van der Waals surface area contributed by atoms with E-state index in [2.05, 4.69) is 20.9 Å². The van der Waals surface area contributed by atoms with Crippen LogP contribution in [0.2, 0.25) is 0 Å². The zero-order chi connectivity index (χ0) is 22.1. The highest BCUT2D eigenvalue weighted by atomic mass is 79.9. The molecule has 3 rings (SSSR count). The van der Waals surface area contributed by atoms with E-state index < -0.39 is 29.4 Å². The van der Waals surface area contributed by atoms with Gasteiger partial charge in [-0.25, -0.2) is 14.3 Å². The van der Waals surface area contributed by atoms with Gasteiger partial charge in [0, 0.05) is 6.54 Å². The molecule has 2 aromatic heterocycles. The number of aryl methyl sites for hydroxylation is 2. The van der Waals surface area contributed by atoms with Crippen LogP contribution >= 0.6 is 27.3 Å². The van der Waals surface area contributed by atoms with E-state index in [-0.39, 0.29) is 5.52 Å². The monoisotopic (exact) mass is 495 g/mol. The Bertz CT molecular complexity index is 1210. The summed E-state index contributed by atoms with van der Waals surface area (Å²) in [5.74, 6) is 0.0565. The van der Waals surface area contributed by atoms with Crippen molar-refractivity contribution in [1.29, 1.82) is 0 Å². The van der Waals surface area contributed by atoms with Gasteiger partial charge in [0.1, 0.15) is 22.7 Å². The molecular weight excluding hydrogens is 474 g/mol. The molecule has 0 atom stereocenters. The van der Waals surface area contributed by atoms with Gasteiger partial charge in [-0.2, -0.15) is 0 Å². The fourth-order valence-electron chi connectivity index (χ4n) is 3.04. The van der Waals surface area contributed by atoms with Gasteiger partial charge in [-0.15, -0.1) is 0 Å². The average Bonchev–Trinajstić information content (AvgIpc) is 3.05. The number of thiazole rings is 1. The molecule has 0 bridgehead atoms. The van der Waals surface area contributed by atoms with Crippen molar-refractivity contribution in [2.45, 2.75) is 45.9 Å². The van der Waals surface area contributed by atoms with E-state index in [0.29, 0.717) is 27.5 Å². The van der Waals surface area contributed by atoms with Crippen molar-refractivity contribution < 1.29 is 14.3 Å². The lowest BCUT2D eigenvalue weighted by Crippen LogP contribution is -2.42. The predicted molar refractivity (Wildman–Crippen MR) is 118 cm³/mol. The average molecular weight is 496 g/mol. The second-order valence-corrected chi connectivity index (χ2v) is 9.85. The Kier molecular flexibility index (Phi) is 6.47. The third kappa shape index (κ3) is 4.81. The van der Waals surface area contributed by atoms with Crippen molar-refractivity contribution in [2.24, 2.45) is 0 Å². The smallest absolute Gasteiger partial charge is 0.332 e. The second-order valence-electron chi connectivity index (χ2n) is 7.59. The molecule has 0 unspecified atom stereocenters. The van der Waals surface area contributed by atoms with Gasteiger partial charge in [0.2, 0.25) is 0 Å². The van der Waals surface area contributed by atoms with E-state index in [1.54, 1.807) is 27.9 Å². The number of hydrogen-bond donors (Lipinski definition) is 0. The van der Waals surface area contributed by atoms with E-state index in [9.17, 15) is 14.4 Å². The number of halogens is 1. The van der Waals surface area contributed by atoms with Crippen LogP contribution in [-0.4, -0.2) is 32.8 Å². The predicted octanol–water partition coefficient (Wildman–Crippen LogP) is 2.98. The van der Waals surface area contributed by atoms with E-state index >= 15 is 0 Å². The van der Waals surface area contributed by atoms with Crippen LogP contribution in [0.4, 0.5) is 0 Å². The van der Waals surface area contributed by atoms with Gasteiger partial charge in [-0.1, -0.05) is 29.5 Å². The summed E-state index contributed by atoms with van der Waals surface area (Å²) in [6.45, 7) is 4.98. The minimum Gasteiger partial charge on any atom is -0.496 e. The number of esters is 1. The van der Waals surface area contributed by atoms with Gasteiger partial charge in [0.15, 0.2) is 9.43 Å². The Labute approximate surface area is 185 Å². The van der Waals surface area contributed by atoms with Crippen LogP contribution < -0.4 is 16.0 Å². The second kappa shape index (κ2) is 8.73. The van der Waals surface area contributed by atoms with Gasteiger partial charge in [0.05, 0.1) is 7.11 Å². The van der Waals surface area contributed by atoms with Crippen LogP contribution in [-0.2, 0) is 29.0 Å². The zero-order valence-corrected chi connectivity index (χ0v) is 19.5. The number of carbonyl (C=O) groups is 1. The maximum Gasteiger partial charge on any atom is 0.332 e. The number of benzene rings is 1. The molecule has 2 heterocycles.